The third-order valence-electron chi connectivity index (χ3n) is 11.0. The summed E-state index contributed by atoms with van der Waals surface area (Å²) in [6.45, 7) is 4.48. The summed E-state index contributed by atoms with van der Waals surface area (Å²) in [6, 6.07) is -0.626. The fourth-order valence-electron chi connectivity index (χ4n) is 7.07. The summed E-state index contributed by atoms with van der Waals surface area (Å²) in [5.41, 5.74) is 0. The number of carbonyl (C=O) groups excluding carboxylic acids is 2. The second kappa shape index (κ2) is 46.8. The molecule has 2 atom stereocenters. The fraction of sp³-hybridized carbons (Fsp3) is 0.667. The lowest BCUT2D eigenvalue weighted by atomic mass is 10.0. The van der Waals surface area contributed by atoms with E-state index >= 15 is 0 Å². The van der Waals surface area contributed by atoms with Gasteiger partial charge in [-0.15, -0.1) is 0 Å². The van der Waals surface area contributed by atoms with Gasteiger partial charge >= 0.3 is 17.9 Å². The molecule has 0 aromatic carbocycles. The molecule has 0 aromatic rings. The van der Waals surface area contributed by atoms with Crippen LogP contribution in [0.15, 0.2) is 97.2 Å². The third-order valence-corrected chi connectivity index (χ3v) is 11.0. The second-order valence-electron chi connectivity index (χ2n) is 18.0. The van der Waals surface area contributed by atoms with E-state index in [4.69, 9.17) is 14.2 Å². The van der Waals surface area contributed by atoms with Crippen LogP contribution in [0.3, 0.4) is 0 Å². The monoisotopic (exact) mass is 907 g/mol. The van der Waals surface area contributed by atoms with Gasteiger partial charge in [-0.3, -0.25) is 9.59 Å². The first-order valence-electron chi connectivity index (χ1n) is 25.8. The molecule has 0 aliphatic carbocycles. The van der Waals surface area contributed by atoms with Gasteiger partial charge in [0.15, 0.2) is 12.1 Å². The van der Waals surface area contributed by atoms with Gasteiger partial charge in [-0.25, -0.2) is 4.79 Å². The van der Waals surface area contributed by atoms with Crippen molar-refractivity contribution in [3.05, 3.63) is 97.2 Å². The topological polar surface area (TPSA) is 99.1 Å². The SMILES string of the molecule is CC/C=C/C/C=C/C/C=C/C/C=C/C/C=C/CCCCCCC(=O)OC(COCCC(C(=O)O)[N+](C)(C)C)COC(=O)CCCCCCCCCCCCC/C=C/C/C=C/C/C=C/CC. The number of allylic oxidation sites excluding steroid dienone is 16. The van der Waals surface area contributed by atoms with Gasteiger partial charge in [0.25, 0.3) is 0 Å². The van der Waals surface area contributed by atoms with Gasteiger partial charge in [0.05, 0.1) is 34.4 Å². The number of rotatable bonds is 45. The Kier molecular flexibility index (Phi) is 44.1. The number of likely N-dealkylation sites (N-methyl/N-ethyl adjacent to an activating group) is 1. The van der Waals surface area contributed by atoms with E-state index in [1.54, 1.807) is 0 Å². The van der Waals surface area contributed by atoms with Crippen LogP contribution >= 0.6 is 0 Å². The molecule has 0 bridgehead atoms. The molecule has 2 unspecified atom stereocenters. The van der Waals surface area contributed by atoms with E-state index in [1.165, 1.54) is 57.8 Å². The highest BCUT2D eigenvalue weighted by atomic mass is 16.6. The highest BCUT2D eigenvalue weighted by molar-refractivity contribution is 5.72. The zero-order valence-corrected chi connectivity index (χ0v) is 42.2. The number of esters is 2. The van der Waals surface area contributed by atoms with Crippen LogP contribution in [0.25, 0.3) is 0 Å². The first-order valence-corrected chi connectivity index (χ1v) is 25.8. The van der Waals surface area contributed by atoms with Crippen molar-refractivity contribution < 1.29 is 38.2 Å². The van der Waals surface area contributed by atoms with E-state index in [0.717, 1.165) is 103 Å². The number of aliphatic carboxylic acids is 1. The Bertz CT molecular complexity index is 1380. The predicted molar refractivity (Wildman–Crippen MR) is 275 cm³/mol. The number of hydrogen-bond donors (Lipinski definition) is 1. The van der Waals surface area contributed by atoms with E-state index in [-0.39, 0.29) is 36.2 Å². The zero-order valence-electron chi connectivity index (χ0n) is 42.2. The maximum Gasteiger partial charge on any atom is 0.362 e. The zero-order chi connectivity index (χ0) is 47.7. The average Bonchev–Trinajstić information content (AvgIpc) is 3.27. The van der Waals surface area contributed by atoms with Crippen LogP contribution in [0.2, 0.25) is 0 Å². The molecule has 0 aliphatic rings. The molecule has 0 spiro atoms. The lowest BCUT2D eigenvalue weighted by Gasteiger charge is -2.31. The molecule has 370 valence electrons. The molecule has 65 heavy (non-hydrogen) atoms. The van der Waals surface area contributed by atoms with Gasteiger partial charge in [0.2, 0.25) is 0 Å². The largest absolute Gasteiger partial charge is 0.477 e. The summed E-state index contributed by atoms with van der Waals surface area (Å²) < 4.78 is 17.3. The van der Waals surface area contributed by atoms with Gasteiger partial charge in [0, 0.05) is 19.3 Å². The molecule has 8 heteroatoms. The summed E-state index contributed by atoms with van der Waals surface area (Å²) in [6.07, 6.45) is 63.1. The van der Waals surface area contributed by atoms with Crippen LogP contribution in [0.4, 0.5) is 0 Å². The van der Waals surface area contributed by atoms with Crippen LogP contribution in [0.1, 0.15) is 194 Å². The van der Waals surface area contributed by atoms with Crippen LogP contribution in [0, 0.1) is 0 Å². The Morgan fingerprint density at radius 2 is 0.815 bits per heavy atom. The molecule has 0 fully saturated rings. The Morgan fingerprint density at radius 3 is 1.20 bits per heavy atom. The molecule has 0 radical (unpaired) electrons. The molecule has 0 amide bonds. The molecule has 0 saturated heterocycles. The molecule has 0 saturated carbocycles. The summed E-state index contributed by atoms with van der Waals surface area (Å²) in [7, 11) is 5.52. The number of unbranched alkanes of at least 4 members (excludes halogenated alkanes) is 15. The van der Waals surface area contributed by atoms with Crippen LogP contribution in [-0.2, 0) is 28.6 Å². The predicted octanol–water partition coefficient (Wildman–Crippen LogP) is 15.0. The van der Waals surface area contributed by atoms with E-state index in [1.807, 2.05) is 21.1 Å². The van der Waals surface area contributed by atoms with E-state index in [9.17, 15) is 19.5 Å². The van der Waals surface area contributed by atoms with Crippen molar-refractivity contribution in [3.8, 4) is 0 Å². The Labute approximate surface area is 398 Å². The first-order chi connectivity index (χ1) is 31.6. The molecule has 0 rings (SSSR count). The maximum atomic E-state index is 12.8. The first kappa shape index (κ1) is 61.2. The van der Waals surface area contributed by atoms with Crippen LogP contribution < -0.4 is 0 Å². The van der Waals surface area contributed by atoms with Crippen molar-refractivity contribution in [1.82, 2.24) is 0 Å². The van der Waals surface area contributed by atoms with Crippen molar-refractivity contribution in [2.75, 3.05) is 41.0 Å². The molecule has 1 N–H and O–H groups in total. The van der Waals surface area contributed by atoms with Crippen molar-refractivity contribution >= 4 is 17.9 Å². The van der Waals surface area contributed by atoms with E-state index < -0.39 is 18.1 Å². The highest BCUT2D eigenvalue weighted by Crippen LogP contribution is 2.15. The van der Waals surface area contributed by atoms with Crippen molar-refractivity contribution in [1.29, 1.82) is 0 Å². The number of ether oxygens (including phenoxy) is 3. The Balaban J connectivity index is 4.31. The number of quaternary nitrogens is 1. The van der Waals surface area contributed by atoms with Crippen molar-refractivity contribution in [2.24, 2.45) is 0 Å². The molecular formula is C57H96NO7+. The lowest BCUT2D eigenvalue weighted by Crippen LogP contribution is -2.50. The van der Waals surface area contributed by atoms with Gasteiger partial charge < -0.3 is 23.8 Å². The van der Waals surface area contributed by atoms with Gasteiger partial charge in [-0.1, -0.05) is 182 Å². The molecule has 0 heterocycles. The molecule has 8 nitrogen and oxygen atoms in total. The Morgan fingerprint density at radius 1 is 0.462 bits per heavy atom. The minimum absolute atomic E-state index is 0.0445. The minimum Gasteiger partial charge on any atom is -0.477 e. The van der Waals surface area contributed by atoms with Crippen LogP contribution in [-0.4, -0.2) is 80.6 Å². The smallest absolute Gasteiger partial charge is 0.362 e. The van der Waals surface area contributed by atoms with Gasteiger partial charge in [-0.2, -0.15) is 0 Å². The molecule has 0 aromatic heterocycles. The number of nitrogens with zero attached hydrogens (tertiary/aromatic N) is 1. The van der Waals surface area contributed by atoms with Crippen molar-refractivity contribution in [3.63, 3.8) is 0 Å². The third kappa shape index (κ3) is 45.2. The standard InChI is InChI=1S/C57H95NO7/c1-6-8-10-12-14-16-18-20-22-24-26-28-30-31-33-35-37-39-41-43-45-47-55(59)64-52-53(51-63-50-49-54(57(61)62)58(3,4)5)65-56(60)48-46-44-42-40-38-36-34-32-29-27-25-23-21-19-17-15-13-11-9-7-2/h8-11,14-17,20-23,27,29,34,36,53-54H,6-7,12-13,18-19,24-26,28,30-33,35,37-52H2,1-5H3/p+1/b10-8+,11-9+,16-14+,17-15+,22-20+,23-21+,29-27+,36-34+. The van der Waals surface area contributed by atoms with E-state index in [2.05, 4.69) is 111 Å². The molecular weight excluding hydrogens is 811 g/mol. The summed E-state index contributed by atoms with van der Waals surface area (Å²) in [4.78, 5) is 37.2. The Hall–Kier alpha value is -3.75. The summed E-state index contributed by atoms with van der Waals surface area (Å²) >= 11 is 0. The number of carboxylic acids is 1. The van der Waals surface area contributed by atoms with Crippen molar-refractivity contribution in [2.45, 2.75) is 206 Å². The average molecular weight is 907 g/mol. The molecule has 0 aliphatic heterocycles. The normalized spacial score (nSPS) is 13.7. The summed E-state index contributed by atoms with van der Waals surface area (Å²) in [5.74, 6) is -1.51. The van der Waals surface area contributed by atoms with Gasteiger partial charge in [-0.05, 0) is 89.9 Å². The summed E-state index contributed by atoms with van der Waals surface area (Å²) in [5, 5.41) is 9.66. The van der Waals surface area contributed by atoms with E-state index in [0.29, 0.717) is 19.3 Å². The van der Waals surface area contributed by atoms with Gasteiger partial charge in [0.1, 0.15) is 6.61 Å². The lowest BCUT2D eigenvalue weighted by molar-refractivity contribution is -0.887. The second-order valence-corrected chi connectivity index (χ2v) is 18.0. The number of carboxylic acid groups (broad SMARTS) is 1. The number of carbonyl (C=O) groups is 3. The van der Waals surface area contributed by atoms with Crippen LogP contribution in [0.5, 0.6) is 0 Å². The fourth-order valence-corrected chi connectivity index (χ4v) is 7.07. The minimum atomic E-state index is -0.883. The quantitative estimate of drug-likeness (QED) is 0.0281. The number of hydrogen-bond acceptors (Lipinski definition) is 6. The highest BCUT2D eigenvalue weighted by Gasteiger charge is 2.31. The maximum absolute atomic E-state index is 12.8.